The van der Waals surface area contributed by atoms with E-state index in [2.05, 4.69) is 22.5 Å². The van der Waals surface area contributed by atoms with Crippen molar-refractivity contribution in [1.29, 1.82) is 0 Å². The van der Waals surface area contributed by atoms with Crippen LogP contribution in [0.15, 0.2) is 95.3 Å². The first-order valence-corrected chi connectivity index (χ1v) is 13.1. The Balaban J connectivity index is 1.34. The van der Waals surface area contributed by atoms with Gasteiger partial charge in [0.2, 0.25) is 5.91 Å². The summed E-state index contributed by atoms with van der Waals surface area (Å²) in [5.41, 5.74) is 4.73. The Morgan fingerprint density at radius 1 is 0.914 bits per heavy atom. The van der Waals surface area contributed by atoms with Crippen LogP contribution in [0.25, 0.3) is 22.6 Å². The monoisotopic (exact) mass is 515 g/mol. The minimum absolute atomic E-state index is 0.144. The number of carbonyl (C=O) groups excluding carboxylic acids is 1. The molecule has 3 aromatic carbocycles. The molecule has 5 rings (SSSR count). The molecule has 0 aliphatic heterocycles. The Hall–Kier alpha value is -3.53. The first-order chi connectivity index (χ1) is 17.1. The van der Waals surface area contributed by atoms with E-state index in [4.69, 9.17) is 17.3 Å². The number of nitrogens with zero attached hydrogens (tertiary/aromatic N) is 4. The van der Waals surface area contributed by atoms with Crippen molar-refractivity contribution in [3.8, 4) is 22.6 Å². The average molecular weight is 516 g/mol. The summed E-state index contributed by atoms with van der Waals surface area (Å²) in [6, 6.07) is 29.6. The van der Waals surface area contributed by atoms with E-state index in [0.29, 0.717) is 9.77 Å². The first-order valence-electron chi connectivity index (χ1n) is 10.9. The van der Waals surface area contributed by atoms with E-state index < -0.39 is 0 Å². The highest BCUT2D eigenvalue weighted by atomic mass is 32.2. The normalized spacial score (nSPS) is 10.9. The van der Waals surface area contributed by atoms with Gasteiger partial charge in [0.15, 0.2) is 8.29 Å². The predicted octanol–water partition coefficient (Wildman–Crippen LogP) is 6.56. The molecule has 0 atom stereocenters. The van der Waals surface area contributed by atoms with E-state index in [1.54, 1.807) is 9.36 Å². The fourth-order valence-corrected chi connectivity index (χ4v) is 5.62. The van der Waals surface area contributed by atoms with Crippen molar-refractivity contribution in [2.75, 3.05) is 11.1 Å². The highest BCUT2D eigenvalue weighted by Gasteiger charge is 2.15. The third-order valence-electron chi connectivity index (χ3n) is 5.18. The number of aromatic nitrogens is 4. The van der Waals surface area contributed by atoms with E-state index in [-0.39, 0.29) is 11.7 Å². The smallest absolute Gasteiger partial charge is 0.235 e. The van der Waals surface area contributed by atoms with Crippen LogP contribution in [-0.2, 0) is 4.79 Å². The van der Waals surface area contributed by atoms with E-state index in [1.165, 1.54) is 28.7 Å². The second kappa shape index (κ2) is 10.4. The minimum Gasteiger partial charge on any atom is -0.310 e. The lowest BCUT2D eigenvalue weighted by atomic mass is 10.1. The largest absolute Gasteiger partial charge is 0.310 e. The highest BCUT2D eigenvalue weighted by Crippen LogP contribution is 2.27. The zero-order chi connectivity index (χ0) is 24.2. The summed E-state index contributed by atoms with van der Waals surface area (Å²) in [6.07, 6.45) is 0. The van der Waals surface area contributed by atoms with Gasteiger partial charge < -0.3 is 5.32 Å². The van der Waals surface area contributed by atoms with Crippen LogP contribution in [0.3, 0.4) is 0 Å². The molecule has 0 unspecified atom stereocenters. The molecule has 0 fully saturated rings. The van der Waals surface area contributed by atoms with Crippen molar-refractivity contribution in [1.82, 2.24) is 19.6 Å². The molecule has 0 radical (unpaired) electrons. The lowest BCUT2D eigenvalue weighted by Crippen LogP contribution is -2.16. The van der Waals surface area contributed by atoms with Crippen LogP contribution in [0.5, 0.6) is 0 Å². The van der Waals surface area contributed by atoms with E-state index in [1.807, 2.05) is 85.8 Å². The summed E-state index contributed by atoms with van der Waals surface area (Å²) in [5.74, 6) is 0.673. The number of para-hydroxylation sites is 2. The van der Waals surface area contributed by atoms with E-state index in [9.17, 15) is 4.79 Å². The summed E-state index contributed by atoms with van der Waals surface area (Å²) in [4.78, 5) is 12.9. The number of hydrogen-bond acceptors (Lipinski definition) is 6. The fourth-order valence-electron chi connectivity index (χ4n) is 3.46. The molecule has 5 aromatic rings. The molecule has 2 aromatic heterocycles. The summed E-state index contributed by atoms with van der Waals surface area (Å²) in [6.45, 7) is 2.05. The molecule has 6 nitrogen and oxygen atoms in total. The number of aryl methyl sites for hydroxylation is 1. The van der Waals surface area contributed by atoms with Crippen LogP contribution in [0.4, 0.5) is 5.82 Å². The average Bonchev–Trinajstić information content (AvgIpc) is 3.47. The summed E-state index contributed by atoms with van der Waals surface area (Å²) in [5, 5.41) is 12.4. The van der Waals surface area contributed by atoms with Gasteiger partial charge in [-0.25, -0.2) is 9.36 Å². The van der Waals surface area contributed by atoms with Crippen molar-refractivity contribution >= 4 is 47.0 Å². The quantitative estimate of drug-likeness (QED) is 0.197. The van der Waals surface area contributed by atoms with Gasteiger partial charge in [0, 0.05) is 11.6 Å². The van der Waals surface area contributed by atoms with Crippen LogP contribution in [0.2, 0.25) is 0 Å². The Bertz CT molecular complexity index is 1510. The Kier molecular flexibility index (Phi) is 6.89. The number of hydrogen-bond donors (Lipinski definition) is 1. The van der Waals surface area contributed by atoms with Gasteiger partial charge in [-0.1, -0.05) is 89.3 Å². The maximum Gasteiger partial charge on any atom is 0.235 e. The van der Waals surface area contributed by atoms with Gasteiger partial charge in [-0.05, 0) is 43.4 Å². The number of anilines is 1. The third kappa shape index (κ3) is 5.43. The standard InChI is InChI=1S/C26H21N5OS3/c1-18-12-14-19(15-13-18)22-16-23(30(28-22)20-8-4-2-5-9-20)27-24(32)17-34-25-29-31(26(33)35-25)21-10-6-3-7-11-21/h2-16H,17H2,1H3,(H,27,32). The number of thioether (sulfide) groups is 1. The number of rotatable bonds is 7. The van der Waals surface area contributed by atoms with Crippen molar-refractivity contribution in [2.24, 2.45) is 0 Å². The van der Waals surface area contributed by atoms with Crippen molar-refractivity contribution < 1.29 is 4.79 Å². The maximum atomic E-state index is 12.9. The lowest BCUT2D eigenvalue weighted by molar-refractivity contribution is -0.113. The van der Waals surface area contributed by atoms with Gasteiger partial charge >= 0.3 is 0 Å². The molecule has 1 N–H and O–H groups in total. The summed E-state index contributed by atoms with van der Waals surface area (Å²) in [7, 11) is 0. The first kappa shape index (κ1) is 23.2. The Labute approximate surface area is 216 Å². The zero-order valence-electron chi connectivity index (χ0n) is 18.8. The van der Waals surface area contributed by atoms with Crippen molar-refractivity contribution in [3.05, 3.63) is 101 Å². The molecule has 0 saturated heterocycles. The Morgan fingerprint density at radius 2 is 1.54 bits per heavy atom. The van der Waals surface area contributed by atoms with Crippen molar-refractivity contribution in [2.45, 2.75) is 11.3 Å². The second-order valence-corrected chi connectivity index (χ2v) is 10.6. The van der Waals surface area contributed by atoms with Gasteiger partial charge in [0.25, 0.3) is 0 Å². The van der Waals surface area contributed by atoms with Gasteiger partial charge in [0.1, 0.15) is 5.82 Å². The van der Waals surface area contributed by atoms with E-state index >= 15 is 0 Å². The summed E-state index contributed by atoms with van der Waals surface area (Å²) >= 11 is 8.22. The third-order valence-corrected chi connectivity index (χ3v) is 7.55. The van der Waals surface area contributed by atoms with Gasteiger partial charge in [0.05, 0.1) is 22.8 Å². The molecule has 174 valence electrons. The fraction of sp³-hybridized carbons (Fsp3) is 0.0769. The predicted molar refractivity (Wildman–Crippen MR) is 145 cm³/mol. The second-order valence-electron chi connectivity index (χ2n) is 7.75. The minimum atomic E-state index is -0.144. The van der Waals surface area contributed by atoms with Crippen LogP contribution in [-0.4, -0.2) is 31.2 Å². The molecule has 1 amide bonds. The van der Waals surface area contributed by atoms with Gasteiger partial charge in [-0.2, -0.15) is 5.10 Å². The molecule has 0 aliphatic rings. The molecule has 0 bridgehead atoms. The zero-order valence-corrected chi connectivity index (χ0v) is 21.2. The number of nitrogens with one attached hydrogen (secondary N) is 1. The van der Waals surface area contributed by atoms with Gasteiger partial charge in [-0.3, -0.25) is 4.79 Å². The van der Waals surface area contributed by atoms with Crippen molar-refractivity contribution in [3.63, 3.8) is 0 Å². The molecule has 9 heteroatoms. The number of amides is 1. The maximum absolute atomic E-state index is 12.9. The molecular formula is C26H21N5OS3. The SMILES string of the molecule is Cc1ccc(-c2cc(NC(=O)CSc3nn(-c4ccccc4)c(=S)s3)n(-c3ccccc3)n2)cc1. The van der Waals surface area contributed by atoms with Crippen LogP contribution in [0.1, 0.15) is 5.56 Å². The Morgan fingerprint density at radius 3 is 2.20 bits per heavy atom. The molecule has 0 saturated carbocycles. The van der Waals surface area contributed by atoms with E-state index in [0.717, 1.165) is 27.0 Å². The molecule has 35 heavy (non-hydrogen) atoms. The molecule has 2 heterocycles. The highest BCUT2D eigenvalue weighted by molar-refractivity contribution is 8.01. The number of benzene rings is 3. The van der Waals surface area contributed by atoms with Crippen LogP contribution < -0.4 is 5.32 Å². The summed E-state index contributed by atoms with van der Waals surface area (Å²) < 4.78 is 4.86. The molecular weight excluding hydrogens is 495 g/mol. The molecule has 0 aliphatic carbocycles. The van der Waals surface area contributed by atoms with Crippen LogP contribution in [0, 0.1) is 10.9 Å². The number of carbonyl (C=O) groups is 1. The topological polar surface area (TPSA) is 64.7 Å². The van der Waals surface area contributed by atoms with Crippen LogP contribution >= 0.6 is 35.3 Å². The molecule has 0 spiro atoms. The van der Waals surface area contributed by atoms with Gasteiger partial charge in [-0.15, -0.1) is 5.10 Å². The lowest BCUT2D eigenvalue weighted by Gasteiger charge is -2.08.